The largest absolute Gasteiger partial charge is 0.482 e. The van der Waals surface area contributed by atoms with E-state index < -0.39 is 34.6 Å². The highest BCUT2D eigenvalue weighted by molar-refractivity contribution is 8.00. The molecule has 0 aliphatic heterocycles. The molecular weight excluding hydrogens is 579 g/mol. The third-order valence-electron chi connectivity index (χ3n) is 5.75. The number of esters is 1. The van der Waals surface area contributed by atoms with Crippen molar-refractivity contribution >= 4 is 28.6 Å². The van der Waals surface area contributed by atoms with E-state index in [9.17, 15) is 26.7 Å². The molecular formula is C31H22F5O3S2+. The predicted octanol–water partition coefficient (Wildman–Crippen LogP) is 8.14. The van der Waals surface area contributed by atoms with E-state index in [-0.39, 0.29) is 28.3 Å². The number of hydrogen-bond acceptors (Lipinski definition) is 4. The zero-order valence-electron chi connectivity index (χ0n) is 21.5. The Hall–Kier alpha value is -3.94. The van der Waals surface area contributed by atoms with Crippen LogP contribution < -0.4 is 4.74 Å². The fourth-order valence-electron chi connectivity index (χ4n) is 3.77. The van der Waals surface area contributed by atoms with Crippen LogP contribution in [0.15, 0.2) is 117 Å². The summed E-state index contributed by atoms with van der Waals surface area (Å²) in [7, 11) is -0.662. The lowest BCUT2D eigenvalue weighted by Crippen LogP contribution is -2.30. The van der Waals surface area contributed by atoms with Gasteiger partial charge in [0.25, 0.3) is 0 Å². The van der Waals surface area contributed by atoms with Crippen LogP contribution in [0.5, 0.6) is 5.75 Å². The average Bonchev–Trinajstić information content (AvgIpc) is 2.94. The van der Waals surface area contributed by atoms with Crippen molar-refractivity contribution < 1.29 is 36.2 Å². The topological polar surface area (TPSA) is 35.5 Å². The molecule has 4 aromatic rings. The van der Waals surface area contributed by atoms with Crippen LogP contribution in [0.2, 0.25) is 0 Å². The monoisotopic (exact) mass is 601 g/mol. The number of ether oxygens (including phenoxy) is 2. The zero-order chi connectivity index (χ0) is 29.6. The summed E-state index contributed by atoms with van der Waals surface area (Å²) in [5, 5.41) is 0. The summed E-state index contributed by atoms with van der Waals surface area (Å²) in [6.45, 7) is 0.984. The van der Waals surface area contributed by atoms with E-state index in [4.69, 9.17) is 15.9 Å². The zero-order valence-corrected chi connectivity index (χ0v) is 23.1. The minimum Gasteiger partial charge on any atom is -0.482 e. The van der Waals surface area contributed by atoms with Crippen LogP contribution in [-0.4, -0.2) is 18.1 Å². The van der Waals surface area contributed by atoms with E-state index in [2.05, 4.69) is 5.92 Å². The molecule has 1 atom stereocenters. The summed E-state index contributed by atoms with van der Waals surface area (Å²) in [5.41, 5.74) is -5.62. The van der Waals surface area contributed by atoms with Gasteiger partial charge >= 0.3 is 11.5 Å². The van der Waals surface area contributed by atoms with Crippen molar-refractivity contribution in [2.24, 2.45) is 0 Å². The highest BCUT2D eigenvalue weighted by atomic mass is 32.2. The first-order valence-corrected chi connectivity index (χ1v) is 14.0. The minimum absolute atomic E-state index is 0.0274. The lowest BCUT2D eigenvalue weighted by molar-refractivity contribution is -0.156. The Morgan fingerprint density at radius 3 is 1.71 bits per heavy atom. The Morgan fingerprint density at radius 1 is 0.805 bits per heavy atom. The Kier molecular flexibility index (Phi) is 9.31. The number of thioether (sulfide) groups is 1. The molecule has 0 bridgehead atoms. The van der Waals surface area contributed by atoms with E-state index in [1.54, 1.807) is 48.5 Å². The molecule has 0 aliphatic carbocycles. The van der Waals surface area contributed by atoms with E-state index >= 15 is 0 Å². The molecule has 3 nitrogen and oxygen atoms in total. The van der Waals surface area contributed by atoms with Crippen molar-refractivity contribution in [1.82, 2.24) is 0 Å². The van der Waals surface area contributed by atoms with Gasteiger partial charge in [0.05, 0.1) is 10.9 Å². The van der Waals surface area contributed by atoms with Crippen molar-refractivity contribution in [3.63, 3.8) is 0 Å². The van der Waals surface area contributed by atoms with Crippen molar-refractivity contribution in [3.8, 4) is 18.1 Å². The highest BCUT2D eigenvalue weighted by Crippen LogP contribution is 2.38. The average molecular weight is 602 g/mol. The summed E-state index contributed by atoms with van der Waals surface area (Å²) in [6.07, 6.45) is 5.60. The summed E-state index contributed by atoms with van der Waals surface area (Å²) < 4.78 is 75.9. The van der Waals surface area contributed by atoms with Gasteiger partial charge in [-0.25, -0.2) is 13.6 Å². The number of rotatable bonds is 9. The van der Waals surface area contributed by atoms with Crippen LogP contribution in [0, 0.1) is 24.0 Å². The predicted molar refractivity (Wildman–Crippen MR) is 148 cm³/mol. The van der Waals surface area contributed by atoms with Crippen LogP contribution in [0.1, 0.15) is 12.5 Å². The number of benzene rings is 4. The molecule has 41 heavy (non-hydrogen) atoms. The Labute approximate surface area is 241 Å². The maximum absolute atomic E-state index is 13.6. The second-order valence-corrected chi connectivity index (χ2v) is 11.9. The molecule has 4 rings (SSSR count). The lowest BCUT2D eigenvalue weighted by Gasteiger charge is -2.24. The van der Waals surface area contributed by atoms with Crippen LogP contribution in [0.25, 0.3) is 0 Å². The van der Waals surface area contributed by atoms with Gasteiger partial charge in [-0.1, -0.05) is 18.1 Å². The van der Waals surface area contributed by atoms with Gasteiger partial charge in [-0.15, -0.1) is 6.42 Å². The second-order valence-electron chi connectivity index (χ2n) is 8.70. The van der Waals surface area contributed by atoms with Crippen LogP contribution in [0.4, 0.5) is 22.0 Å². The summed E-state index contributed by atoms with van der Waals surface area (Å²) in [5.74, 6) is 1.22. The second kappa shape index (κ2) is 12.7. The number of terminal acetylenes is 1. The van der Waals surface area contributed by atoms with Gasteiger partial charge in [0.1, 0.15) is 17.4 Å². The van der Waals surface area contributed by atoms with Gasteiger partial charge in [-0.2, -0.15) is 13.2 Å². The first-order valence-electron chi connectivity index (χ1n) is 12.0. The first-order chi connectivity index (χ1) is 19.5. The molecule has 0 saturated carbocycles. The third kappa shape index (κ3) is 8.06. The quantitative estimate of drug-likeness (QED) is 0.0638. The SMILES string of the molecule is C#CC(C)(OC(=O)COc1ccc([S+](c2ccc(F)cc2)c2ccc(F)cc2)cc1)c1ccc(SC(F)(F)F)cc1. The molecule has 0 amide bonds. The molecule has 0 spiro atoms. The Morgan fingerprint density at radius 2 is 1.27 bits per heavy atom. The van der Waals surface area contributed by atoms with Crippen LogP contribution >= 0.6 is 11.8 Å². The normalized spacial score (nSPS) is 12.8. The van der Waals surface area contributed by atoms with Crippen molar-refractivity contribution in [2.45, 2.75) is 37.6 Å². The first kappa shape index (κ1) is 30.0. The van der Waals surface area contributed by atoms with E-state index in [0.717, 1.165) is 14.7 Å². The number of halogens is 5. The number of hydrogen-bond donors (Lipinski definition) is 0. The molecule has 0 aromatic heterocycles. The van der Waals surface area contributed by atoms with E-state index in [1.165, 1.54) is 55.5 Å². The van der Waals surface area contributed by atoms with E-state index in [1.807, 2.05) is 0 Å². The number of carbonyl (C=O) groups excluding carboxylic acids is 1. The molecule has 1 unspecified atom stereocenters. The fourth-order valence-corrected chi connectivity index (χ4v) is 6.35. The van der Waals surface area contributed by atoms with Gasteiger partial charge in [0.2, 0.25) is 0 Å². The molecule has 210 valence electrons. The summed E-state index contributed by atoms with van der Waals surface area (Å²) in [6, 6.07) is 24.3. The molecule has 0 N–H and O–H groups in total. The van der Waals surface area contributed by atoms with Crippen molar-refractivity contribution in [1.29, 1.82) is 0 Å². The summed E-state index contributed by atoms with van der Waals surface area (Å²) >= 11 is -0.261. The van der Waals surface area contributed by atoms with Gasteiger partial charge in [-0.3, -0.25) is 0 Å². The molecule has 0 radical (unpaired) electrons. The number of carbonyl (C=O) groups is 1. The third-order valence-corrected chi connectivity index (χ3v) is 8.72. The van der Waals surface area contributed by atoms with Gasteiger partial charge in [0, 0.05) is 10.5 Å². The maximum Gasteiger partial charge on any atom is 0.446 e. The molecule has 0 heterocycles. The van der Waals surface area contributed by atoms with Gasteiger partial charge in [0.15, 0.2) is 26.9 Å². The highest BCUT2D eigenvalue weighted by Gasteiger charge is 2.32. The van der Waals surface area contributed by atoms with E-state index in [0.29, 0.717) is 11.3 Å². The van der Waals surface area contributed by atoms with Crippen molar-refractivity contribution in [2.75, 3.05) is 6.61 Å². The molecule has 0 fully saturated rings. The summed E-state index contributed by atoms with van der Waals surface area (Å²) in [4.78, 5) is 15.0. The smallest absolute Gasteiger partial charge is 0.446 e. The van der Waals surface area contributed by atoms with Crippen LogP contribution in [-0.2, 0) is 26.0 Å². The maximum atomic E-state index is 13.6. The van der Waals surface area contributed by atoms with Gasteiger partial charge in [-0.05, 0) is 104 Å². The van der Waals surface area contributed by atoms with Crippen LogP contribution in [0.3, 0.4) is 0 Å². The fraction of sp³-hybridized carbons (Fsp3) is 0.129. The standard InChI is InChI=1S/C31H22F5O3S2/c1-3-30(2,21-4-12-25(13-5-21)40-31(34,35)36)39-29(37)20-38-24-10-18-28(19-11-24)41(26-14-6-22(32)7-15-26)27-16-8-23(33)9-17-27/h1,4-19H,20H2,2H3/q+1. The Balaban J connectivity index is 1.43. The van der Waals surface area contributed by atoms with Crippen molar-refractivity contribution in [3.05, 3.63) is 114 Å². The Bertz CT molecular complexity index is 1470. The molecule has 10 heteroatoms. The lowest BCUT2D eigenvalue weighted by atomic mass is 9.97. The molecule has 0 saturated heterocycles. The molecule has 4 aromatic carbocycles. The van der Waals surface area contributed by atoms with Gasteiger partial charge < -0.3 is 9.47 Å². The molecule has 0 aliphatic rings. The minimum atomic E-state index is -4.43. The number of alkyl halides is 3.